The van der Waals surface area contributed by atoms with Crippen LogP contribution in [0.4, 0.5) is 4.39 Å². The maximum absolute atomic E-state index is 13.2. The van der Waals surface area contributed by atoms with Gasteiger partial charge in [0.05, 0.1) is 5.56 Å². The highest BCUT2D eigenvalue weighted by atomic mass is 32.1. The summed E-state index contributed by atoms with van der Waals surface area (Å²) >= 11 is 1.53. The zero-order chi connectivity index (χ0) is 9.42. The molecule has 1 aromatic heterocycles. The Morgan fingerprint density at radius 1 is 1.46 bits per heavy atom. The minimum Gasteiger partial charge on any atom is -0.298 e. The molecule has 0 saturated heterocycles. The number of fused-ring (bicyclic) bond motifs is 1. The van der Waals surface area contributed by atoms with E-state index in [1.807, 2.05) is 12.3 Å². The van der Waals surface area contributed by atoms with Crippen molar-refractivity contribution in [3.05, 3.63) is 34.5 Å². The lowest BCUT2D eigenvalue weighted by Gasteiger charge is -1.95. The normalized spacial score (nSPS) is 10.6. The molecule has 0 atom stereocenters. The van der Waals surface area contributed by atoms with Crippen molar-refractivity contribution in [3.63, 3.8) is 0 Å². The fourth-order valence-corrected chi connectivity index (χ4v) is 2.25. The van der Waals surface area contributed by atoms with Gasteiger partial charge >= 0.3 is 0 Å². The fraction of sp³-hybridized carbons (Fsp3) is 0.100. The molecule has 0 aliphatic heterocycles. The number of rotatable bonds is 1. The number of carbonyl (C=O) groups is 1. The first kappa shape index (κ1) is 8.38. The van der Waals surface area contributed by atoms with Crippen LogP contribution in [0.2, 0.25) is 0 Å². The van der Waals surface area contributed by atoms with Crippen molar-refractivity contribution in [3.8, 4) is 0 Å². The summed E-state index contributed by atoms with van der Waals surface area (Å²) in [6.07, 6.45) is 0.545. The van der Waals surface area contributed by atoms with Crippen molar-refractivity contribution >= 4 is 27.7 Å². The van der Waals surface area contributed by atoms with Gasteiger partial charge in [0.2, 0.25) is 0 Å². The van der Waals surface area contributed by atoms with Crippen molar-refractivity contribution in [1.82, 2.24) is 0 Å². The topological polar surface area (TPSA) is 17.1 Å². The monoisotopic (exact) mass is 194 g/mol. The average Bonchev–Trinajstić information content (AvgIpc) is 2.47. The van der Waals surface area contributed by atoms with Crippen LogP contribution in [-0.4, -0.2) is 6.29 Å². The maximum atomic E-state index is 13.2. The molecule has 0 amide bonds. The third-order valence-corrected chi connectivity index (χ3v) is 3.08. The highest BCUT2D eigenvalue weighted by molar-refractivity contribution is 7.17. The quantitative estimate of drug-likeness (QED) is 0.637. The molecule has 13 heavy (non-hydrogen) atoms. The number of thiophene rings is 1. The first-order valence-electron chi connectivity index (χ1n) is 3.85. The summed E-state index contributed by atoms with van der Waals surface area (Å²) < 4.78 is 14.1. The Bertz CT molecular complexity index is 473. The molecule has 0 N–H and O–H groups in total. The Labute approximate surface area is 78.8 Å². The van der Waals surface area contributed by atoms with Gasteiger partial charge in [-0.3, -0.25) is 4.79 Å². The molecule has 0 bridgehead atoms. The zero-order valence-corrected chi connectivity index (χ0v) is 7.82. The molecule has 66 valence electrons. The maximum Gasteiger partial charge on any atom is 0.153 e. The van der Waals surface area contributed by atoms with E-state index in [4.69, 9.17) is 0 Å². The van der Waals surface area contributed by atoms with Gasteiger partial charge in [0.1, 0.15) is 5.82 Å². The Hall–Kier alpha value is -1.22. The van der Waals surface area contributed by atoms with Crippen LogP contribution < -0.4 is 0 Å². The molecular formula is C10H7FOS. The summed E-state index contributed by atoms with van der Waals surface area (Å²) in [5.41, 5.74) is 1.19. The van der Waals surface area contributed by atoms with E-state index < -0.39 is 5.82 Å². The molecule has 0 radical (unpaired) electrons. The van der Waals surface area contributed by atoms with Crippen LogP contribution in [0.15, 0.2) is 17.5 Å². The number of hydrogen-bond donors (Lipinski definition) is 0. The van der Waals surface area contributed by atoms with E-state index in [-0.39, 0.29) is 5.56 Å². The Kier molecular flexibility index (Phi) is 1.88. The van der Waals surface area contributed by atoms with Crippen molar-refractivity contribution < 1.29 is 9.18 Å². The van der Waals surface area contributed by atoms with Crippen molar-refractivity contribution in [1.29, 1.82) is 0 Å². The van der Waals surface area contributed by atoms with Crippen LogP contribution >= 0.6 is 11.3 Å². The lowest BCUT2D eigenvalue weighted by atomic mass is 10.1. The lowest BCUT2D eigenvalue weighted by molar-refractivity contribution is 0.112. The summed E-state index contributed by atoms with van der Waals surface area (Å²) in [6, 6.07) is 3.01. The van der Waals surface area contributed by atoms with E-state index >= 15 is 0 Å². The second-order valence-electron chi connectivity index (χ2n) is 2.91. The molecule has 0 spiro atoms. The highest BCUT2D eigenvalue weighted by Gasteiger charge is 2.06. The van der Waals surface area contributed by atoms with Crippen LogP contribution in [0.5, 0.6) is 0 Å². The standard InChI is InChI=1S/C10H7FOS/c1-6-5-13-10-2-7(4-12)9(11)3-8(6)10/h2-5H,1H3. The van der Waals surface area contributed by atoms with E-state index in [0.29, 0.717) is 6.29 Å². The first-order chi connectivity index (χ1) is 6.22. The van der Waals surface area contributed by atoms with Gasteiger partial charge in [-0.25, -0.2) is 4.39 Å². The zero-order valence-electron chi connectivity index (χ0n) is 7.00. The second kappa shape index (κ2) is 2.92. The Morgan fingerprint density at radius 3 is 2.92 bits per heavy atom. The number of carbonyl (C=O) groups excluding carboxylic acids is 1. The Balaban J connectivity index is 2.83. The summed E-state index contributed by atoms with van der Waals surface area (Å²) in [4.78, 5) is 10.4. The van der Waals surface area contributed by atoms with Crippen LogP contribution in [0.25, 0.3) is 10.1 Å². The summed E-state index contributed by atoms with van der Waals surface area (Å²) in [5, 5.41) is 2.85. The predicted octanol–water partition coefficient (Wildman–Crippen LogP) is 3.16. The smallest absolute Gasteiger partial charge is 0.153 e. The molecule has 0 fully saturated rings. The molecule has 1 aromatic carbocycles. The lowest BCUT2D eigenvalue weighted by Crippen LogP contribution is -1.86. The molecular weight excluding hydrogens is 187 g/mol. The van der Waals surface area contributed by atoms with Crippen molar-refractivity contribution in [2.45, 2.75) is 6.92 Å². The molecule has 2 aromatic rings. The highest BCUT2D eigenvalue weighted by Crippen LogP contribution is 2.27. The molecule has 3 heteroatoms. The summed E-state index contributed by atoms with van der Waals surface area (Å²) in [6.45, 7) is 1.93. The van der Waals surface area contributed by atoms with Crippen LogP contribution in [0, 0.1) is 12.7 Å². The molecule has 1 heterocycles. The van der Waals surface area contributed by atoms with Crippen molar-refractivity contribution in [2.24, 2.45) is 0 Å². The van der Waals surface area contributed by atoms with Crippen LogP contribution in [-0.2, 0) is 0 Å². The number of halogens is 1. The van der Waals surface area contributed by atoms with E-state index in [1.54, 1.807) is 6.07 Å². The molecule has 0 aliphatic rings. The number of aldehydes is 1. The number of aryl methyl sites for hydroxylation is 1. The minimum absolute atomic E-state index is 0.134. The third-order valence-electron chi connectivity index (χ3n) is 2.01. The Morgan fingerprint density at radius 2 is 2.23 bits per heavy atom. The summed E-state index contributed by atoms with van der Waals surface area (Å²) in [5.74, 6) is -0.441. The van der Waals surface area contributed by atoms with Crippen LogP contribution in [0.3, 0.4) is 0 Å². The molecule has 0 saturated carbocycles. The number of hydrogen-bond acceptors (Lipinski definition) is 2. The predicted molar refractivity (Wildman–Crippen MR) is 51.9 cm³/mol. The average molecular weight is 194 g/mol. The molecule has 0 unspecified atom stereocenters. The first-order valence-corrected chi connectivity index (χ1v) is 4.73. The van der Waals surface area contributed by atoms with Gasteiger partial charge in [0.15, 0.2) is 6.29 Å². The number of benzene rings is 1. The van der Waals surface area contributed by atoms with Crippen molar-refractivity contribution in [2.75, 3.05) is 0 Å². The van der Waals surface area contributed by atoms with Gasteiger partial charge in [-0.1, -0.05) is 0 Å². The van der Waals surface area contributed by atoms with Crippen LogP contribution in [0.1, 0.15) is 15.9 Å². The molecule has 0 aliphatic carbocycles. The van der Waals surface area contributed by atoms with E-state index in [0.717, 1.165) is 15.6 Å². The van der Waals surface area contributed by atoms with E-state index in [2.05, 4.69) is 0 Å². The van der Waals surface area contributed by atoms with Gasteiger partial charge in [-0.05, 0) is 35.4 Å². The second-order valence-corrected chi connectivity index (χ2v) is 3.82. The fourth-order valence-electron chi connectivity index (χ4n) is 1.28. The van der Waals surface area contributed by atoms with Gasteiger partial charge in [0.25, 0.3) is 0 Å². The van der Waals surface area contributed by atoms with E-state index in [9.17, 15) is 9.18 Å². The summed E-state index contributed by atoms with van der Waals surface area (Å²) in [7, 11) is 0. The SMILES string of the molecule is Cc1csc2cc(C=O)c(F)cc12. The van der Waals surface area contributed by atoms with Gasteiger partial charge in [0, 0.05) is 4.70 Å². The molecule has 1 nitrogen and oxygen atoms in total. The molecule has 2 rings (SSSR count). The minimum atomic E-state index is -0.441. The van der Waals surface area contributed by atoms with E-state index in [1.165, 1.54) is 17.4 Å². The third kappa shape index (κ3) is 1.25. The largest absolute Gasteiger partial charge is 0.298 e. The van der Waals surface area contributed by atoms with Gasteiger partial charge in [-0.2, -0.15) is 0 Å². The van der Waals surface area contributed by atoms with Gasteiger partial charge < -0.3 is 0 Å². The van der Waals surface area contributed by atoms with Gasteiger partial charge in [-0.15, -0.1) is 11.3 Å².